The molecule has 24 heavy (non-hydrogen) atoms. The van der Waals surface area contributed by atoms with Crippen molar-refractivity contribution in [3.63, 3.8) is 0 Å². The summed E-state index contributed by atoms with van der Waals surface area (Å²) in [5.41, 5.74) is 2.81. The smallest absolute Gasteiger partial charge is 0.0590 e. The SMILES string of the molecule is CCCCC1NC(c2ccccc2)c2ccccc2SC1CC.Cl. The second-order valence-corrected chi connectivity index (χ2v) is 7.64. The number of unbranched alkanes of at least 4 members (excludes halogenated alkanes) is 1. The van der Waals surface area contributed by atoms with E-state index in [1.165, 1.54) is 41.7 Å². The van der Waals surface area contributed by atoms with Crippen molar-refractivity contribution >= 4 is 24.2 Å². The van der Waals surface area contributed by atoms with E-state index in [1.54, 1.807) is 0 Å². The molecule has 0 saturated heterocycles. The van der Waals surface area contributed by atoms with Crippen LogP contribution in [0.25, 0.3) is 0 Å². The number of benzene rings is 2. The highest BCUT2D eigenvalue weighted by Gasteiger charge is 2.30. The summed E-state index contributed by atoms with van der Waals surface area (Å²) < 4.78 is 0. The van der Waals surface area contributed by atoms with E-state index < -0.39 is 0 Å². The Balaban J connectivity index is 0.00000208. The van der Waals surface area contributed by atoms with Gasteiger partial charge >= 0.3 is 0 Å². The molecule has 1 aliphatic rings. The monoisotopic (exact) mass is 361 g/mol. The molecular weight excluding hydrogens is 334 g/mol. The number of nitrogens with one attached hydrogen (secondary N) is 1. The Labute approximate surface area is 157 Å². The Hall–Kier alpha value is -0.960. The van der Waals surface area contributed by atoms with Crippen LogP contribution in [0.4, 0.5) is 0 Å². The third-order valence-electron chi connectivity index (χ3n) is 4.74. The molecule has 1 nitrogen and oxygen atoms in total. The fourth-order valence-electron chi connectivity index (χ4n) is 3.47. The van der Waals surface area contributed by atoms with E-state index in [-0.39, 0.29) is 12.4 Å². The molecule has 2 aromatic rings. The summed E-state index contributed by atoms with van der Waals surface area (Å²) in [6.45, 7) is 4.61. The topological polar surface area (TPSA) is 12.0 Å². The highest BCUT2D eigenvalue weighted by molar-refractivity contribution is 8.00. The largest absolute Gasteiger partial charge is 0.302 e. The standard InChI is InChI=1S/C21H27NS.ClH/c1-3-5-14-18-19(4-2)23-20-15-10-9-13-17(20)21(22-18)16-11-7-6-8-12-16;/h6-13,15,18-19,21-22H,3-5,14H2,1-2H3;1H. The summed E-state index contributed by atoms with van der Waals surface area (Å²) in [5.74, 6) is 0. The Morgan fingerprint density at radius 1 is 0.958 bits per heavy atom. The zero-order chi connectivity index (χ0) is 16.1. The first-order valence-electron chi connectivity index (χ1n) is 8.90. The van der Waals surface area contributed by atoms with Gasteiger partial charge < -0.3 is 5.32 Å². The summed E-state index contributed by atoms with van der Waals surface area (Å²) >= 11 is 2.07. The highest BCUT2D eigenvalue weighted by atomic mass is 35.5. The van der Waals surface area contributed by atoms with Crippen molar-refractivity contribution in [3.05, 3.63) is 65.7 Å². The van der Waals surface area contributed by atoms with Gasteiger partial charge in [-0.3, -0.25) is 0 Å². The lowest BCUT2D eigenvalue weighted by atomic mass is 9.95. The van der Waals surface area contributed by atoms with Gasteiger partial charge in [0.05, 0.1) is 6.04 Å². The molecule has 0 amide bonds. The average Bonchev–Trinajstić information content (AvgIpc) is 2.77. The van der Waals surface area contributed by atoms with Gasteiger partial charge in [-0.1, -0.05) is 75.2 Å². The Kier molecular flexibility index (Phi) is 7.67. The molecule has 0 bridgehead atoms. The molecule has 0 fully saturated rings. The normalized spacial score (nSPS) is 23.0. The molecule has 3 heteroatoms. The van der Waals surface area contributed by atoms with E-state index >= 15 is 0 Å². The molecule has 3 unspecified atom stereocenters. The Bertz CT molecular complexity index is 616. The van der Waals surface area contributed by atoms with Crippen LogP contribution in [-0.2, 0) is 0 Å². The third-order valence-corrected chi connectivity index (χ3v) is 6.33. The summed E-state index contributed by atoms with van der Waals surface area (Å²) in [6.07, 6.45) is 5.04. The van der Waals surface area contributed by atoms with Gasteiger partial charge in [-0.2, -0.15) is 0 Å². The van der Waals surface area contributed by atoms with Crippen LogP contribution in [0.2, 0.25) is 0 Å². The molecule has 1 N–H and O–H groups in total. The lowest BCUT2D eigenvalue weighted by Crippen LogP contribution is -2.39. The van der Waals surface area contributed by atoms with E-state index in [9.17, 15) is 0 Å². The number of halogens is 1. The lowest BCUT2D eigenvalue weighted by Gasteiger charge is -2.28. The predicted molar refractivity (Wildman–Crippen MR) is 108 cm³/mol. The molecule has 1 heterocycles. The molecule has 0 aromatic heterocycles. The van der Waals surface area contributed by atoms with Crippen LogP contribution >= 0.6 is 24.2 Å². The summed E-state index contributed by atoms with van der Waals surface area (Å²) in [4.78, 5) is 1.44. The predicted octanol–water partition coefficient (Wildman–Crippen LogP) is 6.23. The maximum atomic E-state index is 4.00. The molecule has 2 aromatic carbocycles. The van der Waals surface area contributed by atoms with Crippen LogP contribution in [-0.4, -0.2) is 11.3 Å². The van der Waals surface area contributed by atoms with Crippen LogP contribution in [0.3, 0.4) is 0 Å². The van der Waals surface area contributed by atoms with Crippen LogP contribution in [0, 0.1) is 0 Å². The molecule has 3 atom stereocenters. The first-order valence-corrected chi connectivity index (χ1v) is 9.78. The van der Waals surface area contributed by atoms with Gasteiger partial charge in [-0.15, -0.1) is 24.2 Å². The molecule has 1 aliphatic heterocycles. The van der Waals surface area contributed by atoms with Crippen LogP contribution in [0.5, 0.6) is 0 Å². The van der Waals surface area contributed by atoms with E-state index in [0.29, 0.717) is 17.3 Å². The van der Waals surface area contributed by atoms with E-state index in [1.807, 2.05) is 0 Å². The minimum atomic E-state index is 0. The van der Waals surface area contributed by atoms with Crippen molar-refractivity contribution in [2.45, 2.75) is 61.8 Å². The minimum absolute atomic E-state index is 0. The second-order valence-electron chi connectivity index (χ2n) is 6.36. The average molecular weight is 362 g/mol. The lowest BCUT2D eigenvalue weighted by molar-refractivity contribution is 0.419. The number of fused-ring (bicyclic) bond motifs is 1. The van der Waals surface area contributed by atoms with Gasteiger partial charge in [0.1, 0.15) is 0 Å². The molecule has 0 radical (unpaired) electrons. The van der Waals surface area contributed by atoms with Crippen LogP contribution in [0.1, 0.15) is 56.7 Å². The van der Waals surface area contributed by atoms with Gasteiger partial charge in [-0.25, -0.2) is 0 Å². The zero-order valence-electron chi connectivity index (χ0n) is 14.6. The Morgan fingerprint density at radius 2 is 1.67 bits per heavy atom. The fourth-order valence-corrected chi connectivity index (χ4v) is 4.82. The van der Waals surface area contributed by atoms with Crippen molar-refractivity contribution in [3.8, 4) is 0 Å². The minimum Gasteiger partial charge on any atom is -0.302 e. The first-order chi connectivity index (χ1) is 11.3. The third kappa shape index (κ3) is 4.36. The fraction of sp³-hybridized carbons (Fsp3) is 0.429. The van der Waals surface area contributed by atoms with E-state index in [0.717, 1.165) is 0 Å². The van der Waals surface area contributed by atoms with Crippen molar-refractivity contribution in [1.29, 1.82) is 0 Å². The van der Waals surface area contributed by atoms with Crippen molar-refractivity contribution < 1.29 is 0 Å². The zero-order valence-corrected chi connectivity index (χ0v) is 16.2. The Morgan fingerprint density at radius 3 is 2.38 bits per heavy atom. The molecular formula is C21H28ClNS. The quantitative estimate of drug-likeness (QED) is 0.677. The maximum Gasteiger partial charge on any atom is 0.0590 e. The number of rotatable bonds is 5. The van der Waals surface area contributed by atoms with Crippen LogP contribution < -0.4 is 5.32 Å². The van der Waals surface area contributed by atoms with Crippen LogP contribution in [0.15, 0.2) is 59.5 Å². The van der Waals surface area contributed by atoms with Crippen molar-refractivity contribution in [1.82, 2.24) is 5.32 Å². The van der Waals surface area contributed by atoms with Gasteiger partial charge in [0.2, 0.25) is 0 Å². The van der Waals surface area contributed by atoms with E-state index in [4.69, 9.17) is 0 Å². The molecule has 0 spiro atoms. The van der Waals surface area contributed by atoms with Crippen molar-refractivity contribution in [2.75, 3.05) is 0 Å². The van der Waals surface area contributed by atoms with Gasteiger partial charge in [0.15, 0.2) is 0 Å². The molecule has 0 saturated carbocycles. The first kappa shape index (κ1) is 19.4. The number of hydrogen-bond donors (Lipinski definition) is 1. The number of thioether (sulfide) groups is 1. The summed E-state index contributed by atoms with van der Waals surface area (Å²) in [6, 6.07) is 20.7. The second kappa shape index (κ2) is 9.50. The number of hydrogen-bond acceptors (Lipinski definition) is 2. The molecule has 3 rings (SSSR count). The summed E-state index contributed by atoms with van der Waals surface area (Å²) in [7, 11) is 0. The van der Waals surface area contributed by atoms with Gasteiger partial charge in [0.25, 0.3) is 0 Å². The maximum absolute atomic E-state index is 4.00. The van der Waals surface area contributed by atoms with Gasteiger partial charge in [-0.05, 0) is 30.0 Å². The van der Waals surface area contributed by atoms with Gasteiger partial charge in [0, 0.05) is 16.2 Å². The van der Waals surface area contributed by atoms with Crippen molar-refractivity contribution in [2.24, 2.45) is 0 Å². The molecule has 130 valence electrons. The molecule has 0 aliphatic carbocycles. The van der Waals surface area contributed by atoms with E-state index in [2.05, 4.69) is 85.5 Å². The highest BCUT2D eigenvalue weighted by Crippen LogP contribution is 2.40. The summed E-state index contributed by atoms with van der Waals surface area (Å²) in [5, 5.41) is 4.65.